The number of rotatable bonds is 8. The summed E-state index contributed by atoms with van der Waals surface area (Å²) in [7, 11) is 0. The number of halogens is 1. The predicted molar refractivity (Wildman–Crippen MR) is 99.0 cm³/mol. The van der Waals surface area contributed by atoms with E-state index >= 15 is 0 Å². The second-order valence-electron chi connectivity index (χ2n) is 4.62. The van der Waals surface area contributed by atoms with Gasteiger partial charge in [0.05, 0.1) is 36.0 Å². The van der Waals surface area contributed by atoms with Crippen molar-refractivity contribution in [1.29, 1.82) is 0 Å². The summed E-state index contributed by atoms with van der Waals surface area (Å²) in [5, 5.41) is 6.58. The highest BCUT2D eigenvalue weighted by Gasteiger charge is 2.08. The van der Waals surface area contributed by atoms with Crippen LogP contribution in [0.2, 0.25) is 0 Å². The first-order valence-electron chi connectivity index (χ1n) is 7.43. The highest BCUT2D eigenvalue weighted by Crippen LogP contribution is 2.25. The average Bonchev–Trinajstić information content (AvgIpc) is 2.97. The van der Waals surface area contributed by atoms with Crippen molar-refractivity contribution in [1.82, 2.24) is 4.98 Å². The van der Waals surface area contributed by atoms with Crippen LogP contribution in [0.5, 0.6) is 5.75 Å². The van der Waals surface area contributed by atoms with Crippen LogP contribution in [-0.2, 0) is 16.0 Å². The van der Waals surface area contributed by atoms with Gasteiger partial charge in [-0.05, 0) is 53.5 Å². The van der Waals surface area contributed by atoms with Gasteiger partial charge >= 0.3 is 5.97 Å². The van der Waals surface area contributed by atoms with Gasteiger partial charge in [0.15, 0.2) is 0 Å². The van der Waals surface area contributed by atoms with E-state index in [9.17, 15) is 4.79 Å². The minimum atomic E-state index is -0.280. The molecule has 0 aliphatic carbocycles. The lowest BCUT2D eigenvalue weighted by Crippen LogP contribution is -2.07. The van der Waals surface area contributed by atoms with Gasteiger partial charge in [-0.3, -0.25) is 10.2 Å². The zero-order valence-corrected chi connectivity index (χ0v) is 15.8. The second-order valence-corrected chi connectivity index (χ2v) is 6.33. The summed E-state index contributed by atoms with van der Waals surface area (Å²) in [6.45, 7) is 4.71. The third-order valence-electron chi connectivity index (χ3n) is 2.81. The van der Waals surface area contributed by atoms with Crippen LogP contribution in [0.25, 0.3) is 0 Å². The van der Waals surface area contributed by atoms with Gasteiger partial charge in [0.2, 0.25) is 5.13 Å². The van der Waals surface area contributed by atoms with E-state index in [1.807, 2.05) is 30.5 Å². The van der Waals surface area contributed by atoms with Gasteiger partial charge in [-0.1, -0.05) is 0 Å². The van der Waals surface area contributed by atoms with Crippen LogP contribution in [-0.4, -0.2) is 30.4 Å². The lowest BCUT2D eigenvalue weighted by atomic mass is 10.2. The molecule has 0 atom stereocenters. The van der Waals surface area contributed by atoms with Crippen LogP contribution in [0, 0.1) is 0 Å². The Morgan fingerprint density at radius 3 is 2.96 bits per heavy atom. The molecule has 0 radical (unpaired) electrons. The predicted octanol–water partition coefficient (Wildman–Crippen LogP) is 3.86. The quantitative estimate of drug-likeness (QED) is 0.405. The second kappa shape index (κ2) is 9.39. The topological polar surface area (TPSA) is 72.8 Å². The zero-order chi connectivity index (χ0) is 17.4. The highest BCUT2D eigenvalue weighted by atomic mass is 79.9. The maximum Gasteiger partial charge on any atom is 0.311 e. The summed E-state index contributed by atoms with van der Waals surface area (Å²) >= 11 is 4.85. The molecular formula is C16H18BrN3O3S. The molecule has 128 valence electrons. The number of anilines is 1. The van der Waals surface area contributed by atoms with E-state index in [4.69, 9.17) is 9.47 Å². The van der Waals surface area contributed by atoms with Crippen molar-refractivity contribution in [2.75, 3.05) is 18.6 Å². The largest absolute Gasteiger partial charge is 0.493 e. The van der Waals surface area contributed by atoms with Crippen molar-refractivity contribution in [2.45, 2.75) is 20.3 Å². The number of nitrogens with zero attached hydrogens (tertiary/aromatic N) is 2. The first kappa shape index (κ1) is 18.4. The number of hydrogen-bond donors (Lipinski definition) is 1. The number of esters is 1. The molecule has 0 spiro atoms. The summed E-state index contributed by atoms with van der Waals surface area (Å²) in [5.74, 6) is 0.517. The molecule has 0 amide bonds. The van der Waals surface area contributed by atoms with Crippen molar-refractivity contribution in [3.63, 3.8) is 0 Å². The molecule has 0 bridgehead atoms. The summed E-state index contributed by atoms with van der Waals surface area (Å²) < 4.78 is 11.2. The molecule has 8 heteroatoms. The Morgan fingerprint density at radius 1 is 1.42 bits per heavy atom. The minimum Gasteiger partial charge on any atom is -0.493 e. The third-order valence-corrected chi connectivity index (χ3v) is 4.23. The molecule has 0 saturated heterocycles. The van der Waals surface area contributed by atoms with Gasteiger partial charge < -0.3 is 9.47 Å². The molecule has 1 aromatic carbocycles. The van der Waals surface area contributed by atoms with Gasteiger partial charge in [-0.2, -0.15) is 5.10 Å². The van der Waals surface area contributed by atoms with E-state index in [2.05, 4.69) is 31.4 Å². The first-order chi connectivity index (χ1) is 11.6. The molecular weight excluding hydrogens is 394 g/mol. The average molecular weight is 412 g/mol. The van der Waals surface area contributed by atoms with Crippen LogP contribution in [0.3, 0.4) is 0 Å². The summed E-state index contributed by atoms with van der Waals surface area (Å²) in [6.07, 6.45) is 1.86. The molecule has 1 N–H and O–H groups in total. The monoisotopic (exact) mass is 411 g/mol. The first-order valence-corrected chi connectivity index (χ1v) is 9.11. The number of hydrazone groups is 1. The summed E-state index contributed by atoms with van der Waals surface area (Å²) in [6, 6.07) is 5.72. The van der Waals surface area contributed by atoms with Crippen LogP contribution < -0.4 is 10.2 Å². The van der Waals surface area contributed by atoms with Gasteiger partial charge in [-0.25, -0.2) is 4.98 Å². The van der Waals surface area contributed by atoms with E-state index < -0.39 is 0 Å². The number of hydrogen-bond acceptors (Lipinski definition) is 7. The number of thiazole rings is 1. The number of nitrogens with one attached hydrogen (secondary N) is 1. The Balaban J connectivity index is 1.91. The Hall–Kier alpha value is -1.93. The van der Waals surface area contributed by atoms with E-state index in [1.54, 1.807) is 13.1 Å². The maximum atomic E-state index is 11.4. The Labute approximate surface area is 153 Å². The van der Waals surface area contributed by atoms with Gasteiger partial charge in [0.25, 0.3) is 0 Å². The lowest BCUT2D eigenvalue weighted by molar-refractivity contribution is -0.142. The summed E-state index contributed by atoms with van der Waals surface area (Å²) in [5.41, 5.74) is 4.44. The normalized spacial score (nSPS) is 10.8. The molecule has 24 heavy (non-hydrogen) atoms. The molecule has 0 unspecified atom stereocenters. The number of benzene rings is 1. The molecule has 2 rings (SSSR count). The fourth-order valence-electron chi connectivity index (χ4n) is 1.83. The van der Waals surface area contributed by atoms with E-state index in [-0.39, 0.29) is 12.4 Å². The molecule has 0 saturated carbocycles. The number of carbonyl (C=O) groups excluding carboxylic acids is 1. The van der Waals surface area contributed by atoms with Crippen LogP contribution >= 0.6 is 27.3 Å². The van der Waals surface area contributed by atoms with Gasteiger partial charge in [0, 0.05) is 5.38 Å². The van der Waals surface area contributed by atoms with Crippen molar-refractivity contribution in [3.8, 4) is 5.75 Å². The molecule has 0 aliphatic heterocycles. The molecule has 1 heterocycles. The maximum absolute atomic E-state index is 11.4. The van der Waals surface area contributed by atoms with Crippen molar-refractivity contribution >= 4 is 44.6 Å². The number of aromatic nitrogens is 1. The highest BCUT2D eigenvalue weighted by molar-refractivity contribution is 9.10. The zero-order valence-electron chi connectivity index (χ0n) is 13.4. The van der Waals surface area contributed by atoms with Crippen molar-refractivity contribution < 1.29 is 14.3 Å². The smallest absolute Gasteiger partial charge is 0.311 e. The molecule has 1 aromatic heterocycles. The van der Waals surface area contributed by atoms with Gasteiger partial charge in [0.1, 0.15) is 5.75 Å². The fourth-order valence-corrected chi connectivity index (χ4v) is 3.00. The molecule has 2 aromatic rings. The molecule has 0 aliphatic rings. The van der Waals surface area contributed by atoms with E-state index in [0.717, 1.165) is 15.8 Å². The van der Waals surface area contributed by atoms with E-state index in [0.29, 0.717) is 24.0 Å². The third kappa shape index (κ3) is 5.61. The van der Waals surface area contributed by atoms with Crippen LogP contribution in [0.4, 0.5) is 5.13 Å². The lowest BCUT2D eigenvalue weighted by Gasteiger charge is -2.05. The Bertz CT molecular complexity index is 718. The van der Waals surface area contributed by atoms with Crippen LogP contribution in [0.1, 0.15) is 25.1 Å². The molecule has 6 nitrogen and oxygen atoms in total. The van der Waals surface area contributed by atoms with Crippen molar-refractivity contribution in [3.05, 3.63) is 39.3 Å². The summed E-state index contributed by atoms with van der Waals surface area (Å²) in [4.78, 5) is 15.7. The van der Waals surface area contributed by atoms with Crippen molar-refractivity contribution in [2.24, 2.45) is 5.10 Å². The Kier molecular flexibility index (Phi) is 7.20. The Morgan fingerprint density at radius 2 is 2.25 bits per heavy atom. The fraction of sp³-hybridized carbons (Fsp3) is 0.312. The standard InChI is InChI=1S/C16H18BrN3O3S/c1-3-22-14-6-5-11(7-13(14)17)9-18-20-16-19-12(10-24-16)8-15(21)23-4-2/h5-7,9-10H,3-4,8H2,1-2H3,(H,19,20)/b18-9-. The number of carbonyl (C=O) groups is 1. The van der Waals surface area contributed by atoms with Crippen LogP contribution in [0.15, 0.2) is 33.2 Å². The SMILES string of the molecule is CCOC(=O)Cc1csc(N/N=C\c2ccc(OCC)c(Br)c2)n1. The van der Waals surface area contributed by atoms with Gasteiger partial charge in [-0.15, -0.1) is 11.3 Å². The molecule has 0 fully saturated rings. The number of ether oxygens (including phenoxy) is 2. The van der Waals surface area contributed by atoms with E-state index in [1.165, 1.54) is 11.3 Å². The minimum absolute atomic E-state index is 0.168.